The van der Waals surface area contributed by atoms with Crippen molar-refractivity contribution in [1.82, 2.24) is 9.78 Å². The Hall–Kier alpha value is -4.09. The molecule has 0 saturated heterocycles. The quantitative estimate of drug-likeness (QED) is 0.296. The van der Waals surface area contributed by atoms with Crippen LogP contribution in [0.1, 0.15) is 11.3 Å². The fourth-order valence-corrected chi connectivity index (χ4v) is 4.86. The van der Waals surface area contributed by atoms with E-state index in [9.17, 15) is 4.79 Å². The topological polar surface area (TPSA) is 51.3 Å². The van der Waals surface area contributed by atoms with Gasteiger partial charge in [0.2, 0.25) is 0 Å². The highest BCUT2D eigenvalue weighted by molar-refractivity contribution is 6.33. The van der Waals surface area contributed by atoms with Crippen LogP contribution < -0.4 is 10.5 Å². The molecule has 0 spiro atoms. The summed E-state index contributed by atoms with van der Waals surface area (Å²) in [7, 11) is 0. The zero-order valence-corrected chi connectivity index (χ0v) is 18.9. The van der Waals surface area contributed by atoms with Crippen LogP contribution in [0.4, 0.5) is 17.1 Å². The first-order valence-corrected chi connectivity index (χ1v) is 11.5. The molecular formula is C28H20ClN3O2. The fourth-order valence-electron chi connectivity index (χ4n) is 4.62. The van der Waals surface area contributed by atoms with Gasteiger partial charge >= 0.3 is 5.63 Å². The van der Waals surface area contributed by atoms with Crippen molar-refractivity contribution in [2.45, 2.75) is 12.8 Å². The van der Waals surface area contributed by atoms with Crippen LogP contribution in [0.5, 0.6) is 0 Å². The number of aromatic nitrogens is 2. The highest BCUT2D eigenvalue weighted by Gasteiger charge is 2.31. The van der Waals surface area contributed by atoms with E-state index in [1.54, 1.807) is 6.20 Å². The van der Waals surface area contributed by atoms with Gasteiger partial charge in [-0.1, -0.05) is 66.2 Å². The Kier molecular flexibility index (Phi) is 5.04. The number of hydrogen-bond donors (Lipinski definition) is 0. The molecule has 1 aliphatic carbocycles. The molecule has 0 saturated carbocycles. The average Bonchev–Trinajstić information content (AvgIpc) is 3.33. The third kappa shape index (κ3) is 3.33. The molecule has 0 fully saturated rings. The smallest absolute Gasteiger partial charge is 0.357 e. The van der Waals surface area contributed by atoms with Crippen LogP contribution in [-0.2, 0) is 12.8 Å². The number of anilines is 3. The lowest BCUT2D eigenvalue weighted by Gasteiger charge is -2.30. The summed E-state index contributed by atoms with van der Waals surface area (Å²) < 4.78 is 7.72. The van der Waals surface area contributed by atoms with E-state index in [0.717, 1.165) is 40.3 Å². The largest absolute Gasteiger partial charge is 0.421 e. The van der Waals surface area contributed by atoms with E-state index in [0.29, 0.717) is 17.9 Å². The Balaban J connectivity index is 1.59. The summed E-state index contributed by atoms with van der Waals surface area (Å²) in [4.78, 5) is 15.0. The molecule has 5 nitrogen and oxygen atoms in total. The predicted octanol–water partition coefficient (Wildman–Crippen LogP) is 6.71. The highest BCUT2D eigenvalue weighted by atomic mass is 35.5. The van der Waals surface area contributed by atoms with Gasteiger partial charge in [0, 0.05) is 16.9 Å². The van der Waals surface area contributed by atoms with Crippen LogP contribution in [0, 0.1) is 0 Å². The minimum atomic E-state index is -0.562. The van der Waals surface area contributed by atoms with Crippen LogP contribution in [0.15, 0.2) is 106 Å². The number of halogens is 1. The second-order valence-corrected chi connectivity index (χ2v) is 8.50. The monoisotopic (exact) mass is 465 g/mol. The zero-order chi connectivity index (χ0) is 23.1. The van der Waals surface area contributed by atoms with Crippen molar-refractivity contribution in [3.05, 3.63) is 124 Å². The Morgan fingerprint density at radius 3 is 2.03 bits per heavy atom. The number of benzene rings is 3. The molecule has 166 valence electrons. The lowest BCUT2D eigenvalue weighted by molar-refractivity contribution is 0.515. The molecule has 0 aliphatic heterocycles. The van der Waals surface area contributed by atoms with E-state index in [-0.39, 0.29) is 5.02 Å². The summed E-state index contributed by atoms with van der Waals surface area (Å²) >= 11 is 6.68. The summed E-state index contributed by atoms with van der Waals surface area (Å²) in [6.45, 7) is 0. The molecule has 0 N–H and O–H groups in total. The minimum absolute atomic E-state index is 0.0744. The Morgan fingerprint density at radius 2 is 1.41 bits per heavy atom. The van der Waals surface area contributed by atoms with Crippen molar-refractivity contribution in [2.75, 3.05) is 4.90 Å². The van der Waals surface area contributed by atoms with Crippen molar-refractivity contribution in [2.24, 2.45) is 0 Å². The molecule has 6 heteroatoms. The summed E-state index contributed by atoms with van der Waals surface area (Å²) in [5.74, 6) is 0.532. The van der Waals surface area contributed by atoms with Gasteiger partial charge in [-0.2, -0.15) is 5.10 Å². The van der Waals surface area contributed by atoms with Crippen molar-refractivity contribution in [3.63, 3.8) is 0 Å². The summed E-state index contributed by atoms with van der Waals surface area (Å²) in [6.07, 6.45) is 3.18. The first-order valence-electron chi connectivity index (χ1n) is 11.1. The predicted molar refractivity (Wildman–Crippen MR) is 135 cm³/mol. The molecule has 0 atom stereocenters. The summed E-state index contributed by atoms with van der Waals surface area (Å²) in [6, 6.07) is 29.8. The zero-order valence-electron chi connectivity index (χ0n) is 18.2. The van der Waals surface area contributed by atoms with Gasteiger partial charge in [0.1, 0.15) is 5.76 Å². The second kappa shape index (κ2) is 8.36. The van der Waals surface area contributed by atoms with Crippen LogP contribution in [0.3, 0.4) is 0 Å². The van der Waals surface area contributed by atoms with Gasteiger partial charge in [-0.3, -0.25) is 0 Å². The molecule has 0 radical (unpaired) electrons. The normalized spacial score (nSPS) is 12.1. The third-order valence-corrected chi connectivity index (χ3v) is 6.45. The van der Waals surface area contributed by atoms with Crippen molar-refractivity contribution in [1.29, 1.82) is 0 Å². The molecule has 34 heavy (non-hydrogen) atoms. The Morgan fingerprint density at radius 1 is 0.824 bits per heavy atom. The second-order valence-electron chi connectivity index (χ2n) is 8.12. The molecule has 2 aromatic heterocycles. The van der Waals surface area contributed by atoms with Crippen LogP contribution in [-0.4, -0.2) is 9.78 Å². The maximum absolute atomic E-state index is 13.0. The molecule has 6 rings (SSSR count). The molecule has 2 heterocycles. The van der Waals surface area contributed by atoms with Crippen LogP contribution in [0.2, 0.25) is 5.02 Å². The van der Waals surface area contributed by atoms with Gasteiger partial charge in [-0.05, 0) is 49.2 Å². The minimum Gasteiger partial charge on any atom is -0.421 e. The number of rotatable bonds is 4. The summed E-state index contributed by atoms with van der Waals surface area (Å²) in [5.41, 5.74) is 5.62. The maximum Gasteiger partial charge on any atom is 0.357 e. The number of para-hydroxylation sites is 3. The molecule has 0 unspecified atom stereocenters. The lowest BCUT2D eigenvalue weighted by atomic mass is 9.93. The van der Waals surface area contributed by atoms with Crippen molar-refractivity contribution < 1.29 is 4.42 Å². The van der Waals surface area contributed by atoms with Crippen molar-refractivity contribution >= 4 is 28.7 Å². The van der Waals surface area contributed by atoms with Gasteiger partial charge in [0.25, 0.3) is 0 Å². The maximum atomic E-state index is 13.0. The standard InChI is InChI=1S/C28H20ClN3O2/c29-25-26(31(19-10-4-1-5-11-19)20-12-6-2-7-13-20)22-16-17-24-23(27(22)34-28(25)33)18-30-32(24)21-14-8-3-9-15-21/h1-15,18H,16-17H2. The molecule has 0 amide bonds. The van der Waals surface area contributed by atoms with Crippen molar-refractivity contribution in [3.8, 4) is 17.0 Å². The van der Waals surface area contributed by atoms with E-state index in [2.05, 4.69) is 5.10 Å². The lowest BCUT2D eigenvalue weighted by Crippen LogP contribution is -2.20. The van der Waals surface area contributed by atoms with Gasteiger partial charge in [0.05, 0.1) is 28.8 Å². The number of fused-ring (bicyclic) bond motifs is 3. The first kappa shape index (κ1) is 20.5. The van der Waals surface area contributed by atoms with E-state index in [1.165, 1.54) is 0 Å². The first-order chi connectivity index (χ1) is 16.7. The van der Waals surface area contributed by atoms with Gasteiger partial charge < -0.3 is 9.32 Å². The average molecular weight is 466 g/mol. The molecular weight excluding hydrogens is 446 g/mol. The highest BCUT2D eigenvalue weighted by Crippen LogP contribution is 2.45. The van der Waals surface area contributed by atoms with E-state index in [1.807, 2.05) is 101 Å². The number of nitrogens with zero attached hydrogens (tertiary/aromatic N) is 3. The molecule has 0 bridgehead atoms. The van der Waals surface area contributed by atoms with Gasteiger partial charge in [-0.25, -0.2) is 9.48 Å². The van der Waals surface area contributed by atoms with E-state index < -0.39 is 5.63 Å². The molecule has 3 aromatic carbocycles. The van der Waals surface area contributed by atoms with Crippen LogP contribution >= 0.6 is 11.6 Å². The summed E-state index contributed by atoms with van der Waals surface area (Å²) in [5, 5.41) is 4.69. The molecule has 5 aromatic rings. The van der Waals surface area contributed by atoms with E-state index in [4.69, 9.17) is 16.0 Å². The fraction of sp³-hybridized carbons (Fsp3) is 0.0714. The molecule has 1 aliphatic rings. The number of hydrogen-bond acceptors (Lipinski definition) is 4. The van der Waals surface area contributed by atoms with Gasteiger partial charge in [-0.15, -0.1) is 0 Å². The Labute approximate surface area is 201 Å². The third-order valence-electron chi connectivity index (χ3n) is 6.12. The Bertz CT molecular complexity index is 1490. The van der Waals surface area contributed by atoms with Gasteiger partial charge in [0.15, 0.2) is 5.02 Å². The van der Waals surface area contributed by atoms with Crippen LogP contribution in [0.25, 0.3) is 17.0 Å². The van der Waals surface area contributed by atoms with E-state index >= 15 is 0 Å². The SMILES string of the molecule is O=c1oc2c(c(N(c3ccccc3)c3ccccc3)c1Cl)CCc1c-2cnn1-c1ccccc1.